The van der Waals surface area contributed by atoms with Crippen molar-refractivity contribution in [3.63, 3.8) is 0 Å². The van der Waals surface area contributed by atoms with Gasteiger partial charge in [-0.25, -0.2) is 0 Å². The molecule has 0 atom stereocenters. The minimum Gasteiger partial charge on any atom is -0.496 e. The number of hydrogen-bond donors (Lipinski definition) is 0. The van der Waals surface area contributed by atoms with Gasteiger partial charge >= 0.3 is 0 Å². The Balaban J connectivity index is 2.47. The van der Waals surface area contributed by atoms with Crippen LogP contribution in [0.5, 0.6) is 5.75 Å². The Morgan fingerprint density at radius 1 is 1.29 bits per heavy atom. The van der Waals surface area contributed by atoms with Crippen LogP contribution in [0.3, 0.4) is 0 Å². The maximum atomic E-state index is 12.1. The SMILES string of the molecule is COc1cccc(N(Cc2cccs2)C(C)C)c1C(C)=O. The number of methoxy groups -OCH3 is 1. The summed E-state index contributed by atoms with van der Waals surface area (Å²) in [5.74, 6) is 0.663. The molecule has 1 heterocycles. The summed E-state index contributed by atoms with van der Waals surface area (Å²) >= 11 is 1.73. The second-order valence-corrected chi connectivity index (χ2v) is 6.24. The zero-order chi connectivity index (χ0) is 15.4. The van der Waals surface area contributed by atoms with Crippen LogP contribution in [0.15, 0.2) is 35.7 Å². The van der Waals surface area contributed by atoms with Gasteiger partial charge in [-0.15, -0.1) is 11.3 Å². The number of hydrogen-bond acceptors (Lipinski definition) is 4. The number of ketones is 1. The molecule has 0 fully saturated rings. The maximum Gasteiger partial charge on any atom is 0.165 e. The molecule has 1 aromatic heterocycles. The third-order valence-corrected chi connectivity index (χ3v) is 4.28. The molecule has 0 saturated carbocycles. The van der Waals surface area contributed by atoms with Crippen molar-refractivity contribution in [2.45, 2.75) is 33.4 Å². The van der Waals surface area contributed by atoms with Crippen molar-refractivity contribution in [2.75, 3.05) is 12.0 Å². The molecule has 0 aliphatic heterocycles. The van der Waals surface area contributed by atoms with E-state index in [4.69, 9.17) is 4.74 Å². The van der Waals surface area contributed by atoms with E-state index in [1.165, 1.54) is 4.88 Å². The molecule has 2 rings (SSSR count). The lowest BCUT2D eigenvalue weighted by Crippen LogP contribution is -2.31. The number of carbonyl (C=O) groups is 1. The topological polar surface area (TPSA) is 29.5 Å². The number of thiophene rings is 1. The van der Waals surface area contributed by atoms with Crippen LogP contribution in [-0.4, -0.2) is 18.9 Å². The standard InChI is InChI=1S/C17H21NO2S/c1-12(2)18(11-14-7-6-10-21-14)15-8-5-9-16(20-4)17(15)13(3)19/h5-10,12H,11H2,1-4H3. The molecule has 0 aliphatic rings. The van der Waals surface area contributed by atoms with E-state index in [-0.39, 0.29) is 11.8 Å². The fourth-order valence-electron chi connectivity index (χ4n) is 2.40. The van der Waals surface area contributed by atoms with Crippen molar-refractivity contribution in [1.82, 2.24) is 0 Å². The molecule has 0 radical (unpaired) electrons. The van der Waals surface area contributed by atoms with Gasteiger partial charge in [0.25, 0.3) is 0 Å². The first-order chi connectivity index (χ1) is 10.0. The molecule has 1 aromatic carbocycles. The lowest BCUT2D eigenvalue weighted by Gasteiger charge is -2.30. The zero-order valence-corrected chi connectivity index (χ0v) is 13.7. The number of anilines is 1. The number of benzene rings is 1. The van der Waals surface area contributed by atoms with E-state index < -0.39 is 0 Å². The van der Waals surface area contributed by atoms with Crippen LogP contribution in [-0.2, 0) is 6.54 Å². The zero-order valence-electron chi connectivity index (χ0n) is 12.9. The van der Waals surface area contributed by atoms with E-state index in [0.717, 1.165) is 12.2 Å². The van der Waals surface area contributed by atoms with E-state index in [9.17, 15) is 4.79 Å². The highest BCUT2D eigenvalue weighted by Gasteiger charge is 2.20. The van der Waals surface area contributed by atoms with Gasteiger partial charge in [0, 0.05) is 10.9 Å². The summed E-state index contributed by atoms with van der Waals surface area (Å²) in [6.07, 6.45) is 0. The first-order valence-electron chi connectivity index (χ1n) is 7.01. The van der Waals surface area contributed by atoms with Crippen LogP contribution < -0.4 is 9.64 Å². The minimum atomic E-state index is 0.0271. The van der Waals surface area contributed by atoms with Crippen molar-refractivity contribution in [3.05, 3.63) is 46.2 Å². The largest absolute Gasteiger partial charge is 0.496 e. The smallest absolute Gasteiger partial charge is 0.165 e. The second-order valence-electron chi connectivity index (χ2n) is 5.21. The molecule has 4 heteroatoms. The summed E-state index contributed by atoms with van der Waals surface area (Å²) in [6, 6.07) is 10.2. The fourth-order valence-corrected chi connectivity index (χ4v) is 3.10. The Kier molecular flexibility index (Phi) is 5.02. The second kappa shape index (κ2) is 6.76. The minimum absolute atomic E-state index is 0.0271. The number of Topliss-reactive ketones (excluding diaryl/α,β-unsaturated/α-hetero) is 1. The molecule has 112 valence electrons. The molecule has 0 spiro atoms. The summed E-state index contributed by atoms with van der Waals surface area (Å²) < 4.78 is 5.37. The third kappa shape index (κ3) is 3.45. The lowest BCUT2D eigenvalue weighted by molar-refractivity contribution is 0.101. The van der Waals surface area contributed by atoms with Crippen LogP contribution in [0, 0.1) is 0 Å². The molecule has 0 saturated heterocycles. The van der Waals surface area contributed by atoms with Gasteiger partial charge in [-0.2, -0.15) is 0 Å². The molecule has 2 aromatic rings. The molecule has 3 nitrogen and oxygen atoms in total. The molecule has 0 aliphatic carbocycles. The van der Waals surface area contributed by atoms with E-state index in [1.54, 1.807) is 25.4 Å². The van der Waals surface area contributed by atoms with Gasteiger partial charge in [-0.05, 0) is 44.4 Å². The first kappa shape index (κ1) is 15.6. The Morgan fingerprint density at radius 2 is 2.05 bits per heavy atom. The number of nitrogens with zero attached hydrogens (tertiary/aromatic N) is 1. The monoisotopic (exact) mass is 303 g/mol. The molecular formula is C17H21NO2S. The van der Waals surface area contributed by atoms with Gasteiger partial charge in [0.05, 0.1) is 24.9 Å². The number of carbonyl (C=O) groups excluding carboxylic acids is 1. The van der Waals surface area contributed by atoms with Gasteiger partial charge in [0.15, 0.2) is 5.78 Å². The van der Waals surface area contributed by atoms with Crippen molar-refractivity contribution in [3.8, 4) is 5.75 Å². The van der Waals surface area contributed by atoms with Crippen LogP contribution in [0.4, 0.5) is 5.69 Å². The summed E-state index contributed by atoms with van der Waals surface area (Å²) in [5.41, 5.74) is 1.59. The Morgan fingerprint density at radius 3 is 2.57 bits per heavy atom. The van der Waals surface area contributed by atoms with Crippen molar-refractivity contribution in [2.24, 2.45) is 0 Å². The highest BCUT2D eigenvalue weighted by molar-refractivity contribution is 7.09. The Hall–Kier alpha value is -1.81. The summed E-state index contributed by atoms with van der Waals surface area (Å²) in [7, 11) is 1.60. The third-order valence-electron chi connectivity index (χ3n) is 3.42. The average molecular weight is 303 g/mol. The normalized spacial score (nSPS) is 10.7. The quantitative estimate of drug-likeness (QED) is 0.742. The van der Waals surface area contributed by atoms with Gasteiger partial charge in [-0.3, -0.25) is 4.79 Å². The predicted octanol–water partition coefficient (Wildman–Crippen LogP) is 4.37. The van der Waals surface area contributed by atoms with Crippen LogP contribution in [0.1, 0.15) is 36.0 Å². The molecule has 0 unspecified atom stereocenters. The van der Waals surface area contributed by atoms with Gasteiger partial charge < -0.3 is 9.64 Å². The van der Waals surface area contributed by atoms with E-state index in [1.807, 2.05) is 18.2 Å². The van der Waals surface area contributed by atoms with Crippen molar-refractivity contribution in [1.29, 1.82) is 0 Å². The first-order valence-corrected chi connectivity index (χ1v) is 7.89. The van der Waals surface area contributed by atoms with Crippen LogP contribution >= 0.6 is 11.3 Å². The molecule has 0 amide bonds. The molecule has 21 heavy (non-hydrogen) atoms. The Bertz CT molecular complexity index is 605. The molecular weight excluding hydrogens is 282 g/mol. The average Bonchev–Trinajstić information content (AvgIpc) is 2.96. The summed E-state index contributed by atoms with van der Waals surface area (Å²) in [4.78, 5) is 15.6. The number of rotatable bonds is 6. The lowest BCUT2D eigenvalue weighted by atomic mass is 10.1. The van der Waals surface area contributed by atoms with Crippen molar-refractivity contribution >= 4 is 22.8 Å². The highest BCUT2D eigenvalue weighted by atomic mass is 32.1. The fraction of sp³-hybridized carbons (Fsp3) is 0.353. The van der Waals surface area contributed by atoms with Gasteiger partial charge in [0.1, 0.15) is 5.75 Å². The summed E-state index contributed by atoms with van der Waals surface area (Å²) in [6.45, 7) is 6.65. The van der Waals surface area contributed by atoms with Gasteiger partial charge in [-0.1, -0.05) is 12.1 Å². The predicted molar refractivity (Wildman–Crippen MR) is 88.6 cm³/mol. The van der Waals surface area contributed by atoms with Gasteiger partial charge in [0.2, 0.25) is 0 Å². The highest BCUT2D eigenvalue weighted by Crippen LogP contribution is 2.32. The van der Waals surface area contributed by atoms with E-state index >= 15 is 0 Å². The van der Waals surface area contributed by atoms with Crippen molar-refractivity contribution < 1.29 is 9.53 Å². The van der Waals surface area contributed by atoms with Crippen LogP contribution in [0.25, 0.3) is 0 Å². The number of ether oxygens (including phenoxy) is 1. The van der Waals surface area contributed by atoms with Crippen LogP contribution in [0.2, 0.25) is 0 Å². The molecule has 0 bridgehead atoms. The summed E-state index contributed by atoms with van der Waals surface area (Å²) in [5, 5.41) is 2.07. The van der Waals surface area contributed by atoms with E-state index in [2.05, 4.69) is 36.3 Å². The Labute approximate surface area is 130 Å². The molecule has 0 N–H and O–H groups in total. The van der Waals surface area contributed by atoms with E-state index in [0.29, 0.717) is 11.3 Å². The maximum absolute atomic E-state index is 12.1.